The van der Waals surface area contributed by atoms with E-state index in [-0.39, 0.29) is 12.5 Å². The summed E-state index contributed by atoms with van der Waals surface area (Å²) in [5.41, 5.74) is -1.05. The summed E-state index contributed by atoms with van der Waals surface area (Å²) >= 11 is 1.45. The maximum Gasteiger partial charge on any atom is 0.233 e. The van der Waals surface area contributed by atoms with Gasteiger partial charge in [-0.1, -0.05) is 6.92 Å². The largest absolute Gasteiger partial charge is 0.388 e. The molecule has 0 saturated carbocycles. The van der Waals surface area contributed by atoms with Crippen LogP contribution in [0.3, 0.4) is 0 Å². The molecule has 1 aromatic rings. The van der Waals surface area contributed by atoms with Gasteiger partial charge in [0.05, 0.1) is 11.4 Å². The van der Waals surface area contributed by atoms with E-state index in [4.69, 9.17) is 0 Å². The second-order valence-corrected chi connectivity index (χ2v) is 6.08. The lowest BCUT2D eigenvalue weighted by Gasteiger charge is -2.41. The average Bonchev–Trinajstić information content (AvgIpc) is 2.48. The average molecular weight is 296 g/mol. The first kappa shape index (κ1) is 15.3. The first-order chi connectivity index (χ1) is 9.55. The molecule has 1 aromatic heterocycles. The number of nitrogens with zero attached hydrogens (tertiary/aromatic N) is 2. The van der Waals surface area contributed by atoms with Gasteiger partial charge < -0.3 is 15.1 Å². The summed E-state index contributed by atoms with van der Waals surface area (Å²) in [6.45, 7) is 2.55. The van der Waals surface area contributed by atoms with Crippen LogP contribution < -0.4 is 0 Å². The molecule has 1 aliphatic rings. The van der Waals surface area contributed by atoms with Crippen LogP contribution in [0, 0.1) is 0 Å². The third-order valence-electron chi connectivity index (χ3n) is 3.81. The van der Waals surface area contributed by atoms with Crippen molar-refractivity contribution < 1.29 is 15.0 Å². The van der Waals surface area contributed by atoms with E-state index in [9.17, 15) is 15.0 Å². The Hall–Kier alpha value is -1.11. The van der Waals surface area contributed by atoms with Gasteiger partial charge in [0, 0.05) is 30.4 Å². The van der Waals surface area contributed by atoms with Crippen LogP contribution in [0.5, 0.6) is 0 Å². The number of carbonyl (C=O) groups is 1. The van der Waals surface area contributed by atoms with Gasteiger partial charge in [-0.25, -0.2) is 0 Å². The van der Waals surface area contributed by atoms with Crippen LogP contribution >= 0.6 is 11.8 Å². The molecule has 5 nitrogen and oxygen atoms in total. The highest BCUT2D eigenvalue weighted by molar-refractivity contribution is 8.00. The summed E-state index contributed by atoms with van der Waals surface area (Å²) in [4.78, 5) is 18.7. The summed E-state index contributed by atoms with van der Waals surface area (Å²) < 4.78 is 0. The molecule has 6 heteroatoms. The normalized spacial score (nSPS) is 26.6. The molecule has 0 radical (unpaired) electrons. The van der Waals surface area contributed by atoms with E-state index in [0.29, 0.717) is 25.1 Å². The number of carbonyl (C=O) groups excluding carboxylic acids is 1. The number of piperidine rings is 1. The zero-order valence-corrected chi connectivity index (χ0v) is 12.3. The third kappa shape index (κ3) is 3.50. The Morgan fingerprint density at radius 1 is 1.55 bits per heavy atom. The van der Waals surface area contributed by atoms with Gasteiger partial charge in [0.15, 0.2) is 0 Å². The van der Waals surface area contributed by atoms with E-state index in [1.54, 1.807) is 17.3 Å². The van der Waals surface area contributed by atoms with Crippen molar-refractivity contribution in [3.63, 3.8) is 0 Å². The van der Waals surface area contributed by atoms with Crippen LogP contribution in [0.1, 0.15) is 19.8 Å². The molecule has 0 unspecified atom stereocenters. The summed E-state index contributed by atoms with van der Waals surface area (Å²) in [5.74, 6) is 0.324. The van der Waals surface area contributed by atoms with Crippen LogP contribution in [-0.4, -0.2) is 56.6 Å². The van der Waals surface area contributed by atoms with Gasteiger partial charge in [-0.2, -0.15) is 0 Å². The van der Waals surface area contributed by atoms with Gasteiger partial charge in [0.2, 0.25) is 5.91 Å². The van der Waals surface area contributed by atoms with E-state index in [0.717, 1.165) is 4.90 Å². The Bertz CT molecular complexity index is 457. The van der Waals surface area contributed by atoms with Gasteiger partial charge in [0.1, 0.15) is 6.10 Å². The second kappa shape index (κ2) is 6.56. The van der Waals surface area contributed by atoms with Crippen LogP contribution in [0.4, 0.5) is 0 Å². The third-order valence-corrected chi connectivity index (χ3v) is 4.80. The second-order valence-electron chi connectivity index (χ2n) is 5.03. The first-order valence-electron chi connectivity index (χ1n) is 6.76. The van der Waals surface area contributed by atoms with Crippen molar-refractivity contribution in [2.75, 3.05) is 18.8 Å². The van der Waals surface area contributed by atoms with Crippen molar-refractivity contribution in [1.82, 2.24) is 9.88 Å². The molecular weight excluding hydrogens is 276 g/mol. The van der Waals surface area contributed by atoms with E-state index < -0.39 is 11.7 Å². The maximum atomic E-state index is 12.1. The molecular formula is C14H20N2O3S. The van der Waals surface area contributed by atoms with Gasteiger partial charge in [0.25, 0.3) is 0 Å². The molecule has 1 fully saturated rings. The van der Waals surface area contributed by atoms with E-state index in [2.05, 4.69) is 4.98 Å². The number of aromatic nitrogens is 1. The van der Waals surface area contributed by atoms with E-state index in [1.165, 1.54) is 11.8 Å². The smallest absolute Gasteiger partial charge is 0.233 e. The van der Waals surface area contributed by atoms with Gasteiger partial charge in [-0.05, 0) is 25.0 Å². The number of β-amino-alcohol motifs (C(OH)–C–C–N with tert-alkyl or cyclic N) is 1. The minimum Gasteiger partial charge on any atom is -0.388 e. The first-order valence-corrected chi connectivity index (χ1v) is 7.75. The highest BCUT2D eigenvalue weighted by Gasteiger charge is 2.40. The molecule has 1 saturated heterocycles. The molecule has 2 N–H and O–H groups in total. The fourth-order valence-corrected chi connectivity index (χ4v) is 3.06. The summed E-state index contributed by atoms with van der Waals surface area (Å²) in [6, 6.07) is 3.72. The van der Waals surface area contributed by atoms with E-state index in [1.807, 2.05) is 19.1 Å². The number of aliphatic hydroxyl groups is 2. The van der Waals surface area contributed by atoms with Crippen molar-refractivity contribution in [2.24, 2.45) is 0 Å². The van der Waals surface area contributed by atoms with Gasteiger partial charge in [-0.3, -0.25) is 9.78 Å². The van der Waals surface area contributed by atoms with Crippen molar-refractivity contribution in [3.05, 3.63) is 24.5 Å². The fraction of sp³-hybridized carbons (Fsp3) is 0.571. The molecule has 2 heterocycles. The molecule has 2 rings (SSSR count). The highest BCUT2D eigenvalue weighted by atomic mass is 32.2. The van der Waals surface area contributed by atoms with Gasteiger partial charge >= 0.3 is 0 Å². The number of pyridine rings is 1. The summed E-state index contributed by atoms with van der Waals surface area (Å²) in [6.07, 6.45) is 3.45. The summed E-state index contributed by atoms with van der Waals surface area (Å²) in [5, 5.41) is 20.1. The lowest BCUT2D eigenvalue weighted by atomic mass is 9.86. The predicted octanol–water partition coefficient (Wildman–Crippen LogP) is 0.908. The number of amides is 1. The van der Waals surface area contributed by atoms with Crippen molar-refractivity contribution in [2.45, 2.75) is 36.4 Å². The van der Waals surface area contributed by atoms with E-state index >= 15 is 0 Å². The molecule has 0 bridgehead atoms. The van der Waals surface area contributed by atoms with Crippen LogP contribution in [0.15, 0.2) is 29.4 Å². The lowest BCUT2D eigenvalue weighted by Crippen LogP contribution is -2.56. The standard InChI is InChI=1S/C14H20N2O3S/c1-2-14(19)5-8-16(9-12(14)17)13(18)10-20-11-3-6-15-7-4-11/h3-4,6-7,12,17,19H,2,5,8-10H2,1H3/t12-,14-/m1/s1. The molecule has 110 valence electrons. The number of thioether (sulfide) groups is 1. The number of aliphatic hydroxyl groups excluding tert-OH is 1. The number of rotatable bonds is 4. The molecule has 2 atom stereocenters. The summed E-state index contributed by atoms with van der Waals surface area (Å²) in [7, 11) is 0. The molecule has 0 aliphatic carbocycles. The van der Waals surface area contributed by atoms with Crippen molar-refractivity contribution >= 4 is 17.7 Å². The van der Waals surface area contributed by atoms with Crippen LogP contribution in [0.2, 0.25) is 0 Å². The molecule has 0 spiro atoms. The SMILES string of the molecule is CC[C@@]1(O)CCN(C(=O)CSc2ccncc2)C[C@H]1O. The topological polar surface area (TPSA) is 73.7 Å². The monoisotopic (exact) mass is 296 g/mol. The quantitative estimate of drug-likeness (QED) is 0.808. The fourth-order valence-electron chi connectivity index (χ4n) is 2.27. The molecule has 0 aromatic carbocycles. The van der Waals surface area contributed by atoms with Crippen molar-refractivity contribution in [1.29, 1.82) is 0 Å². The zero-order valence-electron chi connectivity index (χ0n) is 11.5. The Morgan fingerprint density at radius 3 is 2.85 bits per heavy atom. The minimum absolute atomic E-state index is 0.0102. The van der Waals surface area contributed by atoms with Crippen LogP contribution in [0.25, 0.3) is 0 Å². The van der Waals surface area contributed by atoms with Crippen molar-refractivity contribution in [3.8, 4) is 0 Å². The minimum atomic E-state index is -1.05. The zero-order chi connectivity index (χ0) is 14.6. The Balaban J connectivity index is 1.85. The molecule has 1 aliphatic heterocycles. The number of likely N-dealkylation sites (tertiary alicyclic amines) is 1. The number of hydrogen-bond donors (Lipinski definition) is 2. The Labute approximate surface area is 123 Å². The maximum absolute atomic E-state index is 12.1. The Morgan fingerprint density at radius 2 is 2.25 bits per heavy atom. The number of hydrogen-bond acceptors (Lipinski definition) is 5. The predicted molar refractivity (Wildman–Crippen MR) is 77.4 cm³/mol. The highest BCUT2D eigenvalue weighted by Crippen LogP contribution is 2.26. The Kier molecular flexibility index (Phi) is 5.01. The van der Waals surface area contributed by atoms with Gasteiger partial charge in [-0.15, -0.1) is 11.8 Å². The molecule has 20 heavy (non-hydrogen) atoms. The van der Waals surface area contributed by atoms with Crippen LogP contribution in [-0.2, 0) is 4.79 Å². The lowest BCUT2D eigenvalue weighted by molar-refractivity contribution is -0.147. The molecule has 1 amide bonds.